The van der Waals surface area contributed by atoms with Crippen molar-refractivity contribution in [3.8, 4) is 0 Å². The minimum absolute atomic E-state index is 0.0888. The van der Waals surface area contributed by atoms with Crippen LogP contribution in [0.3, 0.4) is 0 Å². The van der Waals surface area contributed by atoms with Crippen LogP contribution >= 0.6 is 0 Å². The van der Waals surface area contributed by atoms with Gasteiger partial charge in [0.2, 0.25) is 0 Å². The van der Waals surface area contributed by atoms with Gasteiger partial charge in [-0.3, -0.25) is 9.36 Å². The molecule has 6 rings (SSSR count). The third-order valence-corrected chi connectivity index (χ3v) is 8.10. The number of nitrogens with one attached hydrogen (secondary N) is 1. The van der Waals surface area contributed by atoms with Gasteiger partial charge < -0.3 is 40.4 Å². The quantitative estimate of drug-likeness (QED) is 0.244. The smallest absolute Gasteiger partial charge is 0.409 e. The Labute approximate surface area is 248 Å². The van der Waals surface area contributed by atoms with E-state index in [4.69, 9.17) is 19.9 Å². The van der Waals surface area contributed by atoms with E-state index in [0.29, 0.717) is 49.7 Å². The van der Waals surface area contributed by atoms with Gasteiger partial charge >= 0.3 is 6.09 Å². The summed E-state index contributed by atoms with van der Waals surface area (Å²) < 4.78 is 18.3. The number of benzene rings is 1. The fraction of sp³-hybridized carbons (Fsp3) is 0.552. The molecule has 230 valence electrons. The third-order valence-electron chi connectivity index (χ3n) is 8.10. The van der Waals surface area contributed by atoms with Crippen LogP contribution in [-0.4, -0.2) is 97.3 Å². The highest BCUT2D eigenvalue weighted by Gasteiger charge is 2.48. The molecule has 2 saturated heterocycles. The van der Waals surface area contributed by atoms with Crippen LogP contribution in [0.4, 0.5) is 10.6 Å². The number of nitrogens with two attached hydrogens (primary N) is 1. The number of rotatable bonds is 10. The van der Waals surface area contributed by atoms with E-state index >= 15 is 0 Å². The number of ether oxygens (including phenoxy) is 3. The summed E-state index contributed by atoms with van der Waals surface area (Å²) in [7, 11) is 0. The van der Waals surface area contributed by atoms with Crippen molar-refractivity contribution < 1.29 is 34.0 Å². The molecule has 14 nitrogen and oxygen atoms in total. The lowest BCUT2D eigenvalue weighted by Crippen LogP contribution is -2.43. The molecule has 2 aliphatic heterocycles. The molecule has 43 heavy (non-hydrogen) atoms. The molecule has 0 bridgehead atoms. The van der Waals surface area contributed by atoms with E-state index in [-0.39, 0.29) is 30.5 Å². The van der Waals surface area contributed by atoms with Crippen molar-refractivity contribution in [2.24, 2.45) is 5.92 Å². The molecule has 0 spiro atoms. The van der Waals surface area contributed by atoms with E-state index < -0.39 is 30.4 Å². The fourth-order valence-corrected chi connectivity index (χ4v) is 5.50. The largest absolute Gasteiger partial charge is 0.447 e. The van der Waals surface area contributed by atoms with Crippen LogP contribution in [0.2, 0.25) is 0 Å². The molecule has 2 amide bonds. The zero-order valence-corrected chi connectivity index (χ0v) is 23.7. The Morgan fingerprint density at radius 3 is 2.56 bits per heavy atom. The van der Waals surface area contributed by atoms with Gasteiger partial charge in [0, 0.05) is 25.6 Å². The van der Waals surface area contributed by atoms with Crippen molar-refractivity contribution in [1.82, 2.24) is 29.7 Å². The molecule has 3 fully saturated rings. The maximum atomic E-state index is 12.5. The third kappa shape index (κ3) is 6.72. The molecule has 0 radical (unpaired) electrons. The zero-order valence-electron chi connectivity index (χ0n) is 23.7. The Morgan fingerprint density at radius 1 is 1.05 bits per heavy atom. The van der Waals surface area contributed by atoms with Crippen molar-refractivity contribution in [2.75, 3.05) is 32.0 Å². The van der Waals surface area contributed by atoms with Crippen LogP contribution in [0.1, 0.15) is 43.3 Å². The molecule has 1 unspecified atom stereocenters. The van der Waals surface area contributed by atoms with Crippen molar-refractivity contribution in [1.29, 1.82) is 0 Å². The summed E-state index contributed by atoms with van der Waals surface area (Å²) in [4.78, 5) is 40.2. The second-order valence-corrected chi connectivity index (χ2v) is 11.3. The number of aliphatic hydroxyl groups is 2. The second-order valence-electron chi connectivity index (χ2n) is 11.3. The van der Waals surface area contributed by atoms with E-state index in [0.717, 1.165) is 31.2 Å². The minimum atomic E-state index is -1.40. The summed E-state index contributed by atoms with van der Waals surface area (Å²) >= 11 is 0. The number of nitrogens with zero attached hydrogens (tertiary/aromatic N) is 5. The standard InChI is InChI=1S/C29H37N7O7/c30-25-21-26(36(16-31-21)28-23(38)22(37)24(43-28)27(39)32-19-6-7-19)34-20(33-25)14-17-8-10-35(11-9-17)29(40)42-13-12-41-15-18-4-2-1-3-5-18/h1-5,16-17,19,22-24,28,37-38H,6-15H2,(H,32,39)(H2,30,33,34)/t22-,23?,24+,28-/m1/s1. The van der Waals surface area contributed by atoms with Crippen LogP contribution in [0.25, 0.3) is 11.2 Å². The number of carbonyl (C=O) groups excluding carboxylic acids is 2. The molecule has 1 aliphatic carbocycles. The van der Waals surface area contributed by atoms with Gasteiger partial charge in [0.25, 0.3) is 5.91 Å². The molecular formula is C29H37N7O7. The number of aliphatic hydroxyl groups excluding tert-OH is 2. The lowest BCUT2D eigenvalue weighted by molar-refractivity contribution is -0.137. The first kappa shape index (κ1) is 29.2. The highest BCUT2D eigenvalue weighted by Crippen LogP contribution is 2.33. The Bertz CT molecular complexity index is 1430. The van der Waals surface area contributed by atoms with Gasteiger partial charge in [0.1, 0.15) is 30.2 Å². The van der Waals surface area contributed by atoms with Crippen LogP contribution in [0.15, 0.2) is 36.7 Å². The van der Waals surface area contributed by atoms with Gasteiger partial charge in [-0.1, -0.05) is 30.3 Å². The molecule has 3 aromatic rings. The summed E-state index contributed by atoms with van der Waals surface area (Å²) in [5.41, 5.74) is 7.96. The zero-order chi connectivity index (χ0) is 29.9. The van der Waals surface area contributed by atoms with Gasteiger partial charge in [0.15, 0.2) is 23.8 Å². The van der Waals surface area contributed by atoms with E-state index in [1.807, 2.05) is 30.3 Å². The number of aromatic nitrogens is 4. The summed E-state index contributed by atoms with van der Waals surface area (Å²) in [6.45, 7) is 2.08. The second kappa shape index (κ2) is 12.8. The lowest BCUT2D eigenvalue weighted by Gasteiger charge is -2.31. The van der Waals surface area contributed by atoms with Gasteiger partial charge in [-0.2, -0.15) is 0 Å². The first-order valence-corrected chi connectivity index (χ1v) is 14.7. The van der Waals surface area contributed by atoms with Crippen LogP contribution in [0.5, 0.6) is 0 Å². The van der Waals surface area contributed by atoms with Crippen molar-refractivity contribution in [3.05, 3.63) is 48.0 Å². The van der Waals surface area contributed by atoms with Crippen molar-refractivity contribution in [2.45, 2.75) is 69.3 Å². The highest BCUT2D eigenvalue weighted by molar-refractivity contribution is 5.83. The molecule has 4 atom stereocenters. The topological polar surface area (TPSA) is 187 Å². The monoisotopic (exact) mass is 595 g/mol. The van der Waals surface area contributed by atoms with E-state index in [2.05, 4.69) is 20.3 Å². The van der Waals surface area contributed by atoms with E-state index in [1.54, 1.807) is 4.90 Å². The molecule has 2 aromatic heterocycles. The number of piperidine rings is 1. The molecule has 3 aliphatic rings. The number of hydrogen-bond acceptors (Lipinski definition) is 11. The number of hydrogen-bond donors (Lipinski definition) is 4. The maximum Gasteiger partial charge on any atom is 0.409 e. The Balaban J connectivity index is 1.01. The Morgan fingerprint density at radius 2 is 1.81 bits per heavy atom. The molecular weight excluding hydrogens is 558 g/mol. The predicted octanol–water partition coefficient (Wildman–Crippen LogP) is 0.914. The SMILES string of the molecule is Nc1nc(CC2CCN(C(=O)OCCOCc3ccccc3)CC2)nc2c1ncn2[C@@H]1O[C@H](C(=O)NC2CC2)[C@H](O)C1O. The summed E-state index contributed by atoms with van der Waals surface area (Å²) in [5, 5.41) is 24.1. The molecule has 4 heterocycles. The van der Waals surface area contributed by atoms with Gasteiger partial charge in [0.05, 0.1) is 19.5 Å². The number of amides is 2. The molecule has 1 saturated carbocycles. The summed E-state index contributed by atoms with van der Waals surface area (Å²) in [5.74, 6) is 0.448. The lowest BCUT2D eigenvalue weighted by atomic mass is 9.93. The Hall–Kier alpha value is -3.85. The van der Waals surface area contributed by atoms with E-state index in [9.17, 15) is 19.8 Å². The first-order valence-electron chi connectivity index (χ1n) is 14.7. The number of anilines is 1. The van der Waals surface area contributed by atoms with Crippen molar-refractivity contribution in [3.63, 3.8) is 0 Å². The van der Waals surface area contributed by atoms with Gasteiger partial charge in [-0.15, -0.1) is 0 Å². The van der Waals surface area contributed by atoms with E-state index in [1.165, 1.54) is 10.9 Å². The normalized spacial score (nSPS) is 24.4. The summed E-state index contributed by atoms with van der Waals surface area (Å²) in [6, 6.07) is 9.90. The predicted molar refractivity (Wildman–Crippen MR) is 152 cm³/mol. The maximum absolute atomic E-state index is 12.5. The van der Waals surface area contributed by atoms with Crippen LogP contribution in [0, 0.1) is 5.92 Å². The Kier molecular flexibility index (Phi) is 8.70. The fourth-order valence-electron chi connectivity index (χ4n) is 5.50. The molecule has 5 N–H and O–H groups in total. The van der Waals surface area contributed by atoms with Crippen LogP contribution < -0.4 is 11.1 Å². The number of nitrogen functional groups attached to an aromatic ring is 1. The number of fused-ring (bicyclic) bond motifs is 1. The number of likely N-dealkylation sites (tertiary alicyclic amines) is 1. The first-order chi connectivity index (χ1) is 20.9. The number of imidazole rings is 1. The summed E-state index contributed by atoms with van der Waals surface area (Å²) in [6.07, 6.45) is -0.199. The average molecular weight is 596 g/mol. The van der Waals surface area contributed by atoms with Crippen LogP contribution in [-0.2, 0) is 32.0 Å². The minimum Gasteiger partial charge on any atom is -0.447 e. The van der Waals surface area contributed by atoms with Crippen molar-refractivity contribution >= 4 is 29.0 Å². The molecule has 1 aromatic carbocycles. The molecule has 14 heteroatoms. The average Bonchev–Trinajstić information content (AvgIpc) is 3.65. The number of carbonyl (C=O) groups is 2. The van der Waals surface area contributed by atoms with Gasteiger partial charge in [-0.05, 0) is 37.2 Å². The highest BCUT2D eigenvalue weighted by atomic mass is 16.6. The van der Waals surface area contributed by atoms with Gasteiger partial charge in [-0.25, -0.2) is 19.7 Å².